The average Bonchev–Trinajstić information content (AvgIpc) is 3.09. The summed E-state index contributed by atoms with van der Waals surface area (Å²) in [4.78, 5) is 12.6. The van der Waals surface area contributed by atoms with Gasteiger partial charge in [0, 0.05) is 36.3 Å². The molecule has 0 amide bonds. The van der Waals surface area contributed by atoms with Gasteiger partial charge in [-0.25, -0.2) is 14.6 Å². The van der Waals surface area contributed by atoms with E-state index in [-0.39, 0.29) is 0 Å². The number of H-pyrrole nitrogens is 1. The van der Waals surface area contributed by atoms with Crippen LogP contribution in [0.5, 0.6) is 0 Å². The van der Waals surface area contributed by atoms with Gasteiger partial charge in [0.05, 0.1) is 5.52 Å². The van der Waals surface area contributed by atoms with Gasteiger partial charge in [0.15, 0.2) is 0 Å². The minimum absolute atomic E-state index is 0.544. The Bertz CT molecular complexity index is 1020. The number of aromatic nitrogens is 6. The molecule has 0 unspecified atom stereocenters. The fourth-order valence-electron chi connectivity index (χ4n) is 3.22. The van der Waals surface area contributed by atoms with Crippen molar-refractivity contribution >= 4 is 22.1 Å². The van der Waals surface area contributed by atoms with Crippen LogP contribution in [0.25, 0.3) is 33.2 Å². The standard InChI is InChI=1S/C17H16N6/c1-23-15-7-11(5-6-14(15)21-22-23)12-8-19-17-13(12)9-18-16(20-17)10-3-2-4-10/h5-10H,2-4H2,1H3,(H,18,19,20). The molecule has 1 aromatic carbocycles. The molecule has 23 heavy (non-hydrogen) atoms. The Balaban J connectivity index is 1.64. The number of benzene rings is 1. The maximum atomic E-state index is 4.72. The van der Waals surface area contributed by atoms with Crippen LogP contribution in [-0.2, 0) is 7.05 Å². The Morgan fingerprint density at radius 3 is 3.00 bits per heavy atom. The molecule has 0 saturated heterocycles. The molecule has 0 aliphatic heterocycles. The zero-order valence-corrected chi connectivity index (χ0v) is 12.8. The maximum Gasteiger partial charge on any atom is 0.141 e. The van der Waals surface area contributed by atoms with Crippen molar-refractivity contribution in [1.82, 2.24) is 29.9 Å². The molecule has 1 saturated carbocycles. The van der Waals surface area contributed by atoms with Crippen LogP contribution in [0.2, 0.25) is 0 Å². The van der Waals surface area contributed by atoms with Crippen molar-refractivity contribution in [2.75, 3.05) is 0 Å². The first kappa shape index (κ1) is 12.8. The van der Waals surface area contributed by atoms with Crippen LogP contribution in [0.3, 0.4) is 0 Å². The summed E-state index contributed by atoms with van der Waals surface area (Å²) in [6, 6.07) is 6.18. The van der Waals surface area contributed by atoms with E-state index in [1.165, 1.54) is 19.3 Å². The molecule has 0 bridgehead atoms. The molecule has 1 fully saturated rings. The summed E-state index contributed by atoms with van der Waals surface area (Å²) in [5.41, 5.74) is 5.07. The number of fused-ring (bicyclic) bond motifs is 2. The number of hydrogen-bond donors (Lipinski definition) is 1. The van der Waals surface area contributed by atoms with E-state index in [1.807, 2.05) is 25.5 Å². The van der Waals surface area contributed by atoms with Crippen molar-refractivity contribution < 1.29 is 0 Å². The molecule has 1 N–H and O–H groups in total. The topological polar surface area (TPSA) is 72.3 Å². The molecular formula is C17H16N6. The maximum absolute atomic E-state index is 4.72. The molecule has 6 nitrogen and oxygen atoms in total. The molecular weight excluding hydrogens is 288 g/mol. The molecule has 3 aromatic heterocycles. The number of rotatable bonds is 2. The summed E-state index contributed by atoms with van der Waals surface area (Å²) >= 11 is 0. The van der Waals surface area contributed by atoms with Gasteiger partial charge in [-0.15, -0.1) is 5.10 Å². The lowest BCUT2D eigenvalue weighted by Gasteiger charge is -2.23. The van der Waals surface area contributed by atoms with Crippen LogP contribution >= 0.6 is 0 Å². The SMILES string of the molecule is Cn1nnc2ccc(-c3c[nH]c4nc(C5CCC5)ncc34)cc21. The summed E-state index contributed by atoms with van der Waals surface area (Å²) < 4.78 is 1.79. The third-order valence-corrected chi connectivity index (χ3v) is 4.84. The van der Waals surface area contributed by atoms with Gasteiger partial charge in [0.2, 0.25) is 0 Å². The smallest absolute Gasteiger partial charge is 0.141 e. The molecule has 3 heterocycles. The highest BCUT2D eigenvalue weighted by Gasteiger charge is 2.23. The van der Waals surface area contributed by atoms with E-state index in [9.17, 15) is 0 Å². The highest BCUT2D eigenvalue weighted by molar-refractivity contribution is 5.95. The number of aromatic amines is 1. The van der Waals surface area contributed by atoms with Crippen molar-refractivity contribution in [3.63, 3.8) is 0 Å². The van der Waals surface area contributed by atoms with Gasteiger partial charge in [-0.3, -0.25) is 0 Å². The van der Waals surface area contributed by atoms with E-state index >= 15 is 0 Å². The predicted octanol–water partition coefficient (Wildman–Crippen LogP) is 3.17. The summed E-state index contributed by atoms with van der Waals surface area (Å²) in [6.45, 7) is 0. The van der Waals surface area contributed by atoms with Gasteiger partial charge in [-0.2, -0.15) is 0 Å². The van der Waals surface area contributed by atoms with Crippen molar-refractivity contribution in [2.24, 2.45) is 7.05 Å². The van der Waals surface area contributed by atoms with Crippen molar-refractivity contribution in [3.05, 3.63) is 36.4 Å². The number of nitrogens with one attached hydrogen (secondary N) is 1. The van der Waals surface area contributed by atoms with Gasteiger partial charge in [0.25, 0.3) is 0 Å². The molecule has 0 radical (unpaired) electrons. The third-order valence-electron chi connectivity index (χ3n) is 4.84. The monoisotopic (exact) mass is 304 g/mol. The Morgan fingerprint density at radius 2 is 2.17 bits per heavy atom. The minimum atomic E-state index is 0.544. The van der Waals surface area contributed by atoms with E-state index in [0.29, 0.717) is 5.92 Å². The fraction of sp³-hybridized carbons (Fsp3) is 0.294. The van der Waals surface area contributed by atoms with E-state index in [0.717, 1.165) is 39.0 Å². The van der Waals surface area contributed by atoms with Crippen molar-refractivity contribution in [1.29, 1.82) is 0 Å². The van der Waals surface area contributed by atoms with Crippen LogP contribution in [-0.4, -0.2) is 29.9 Å². The number of aryl methyl sites for hydroxylation is 1. The lowest BCUT2D eigenvalue weighted by Crippen LogP contribution is -2.12. The van der Waals surface area contributed by atoms with Gasteiger partial charge < -0.3 is 4.98 Å². The summed E-state index contributed by atoms with van der Waals surface area (Å²) in [6.07, 6.45) is 7.68. The second kappa shape index (κ2) is 4.62. The lowest BCUT2D eigenvalue weighted by molar-refractivity contribution is 0.402. The molecule has 4 aromatic rings. The van der Waals surface area contributed by atoms with Crippen LogP contribution < -0.4 is 0 Å². The van der Waals surface area contributed by atoms with Gasteiger partial charge in [0.1, 0.15) is 17.0 Å². The quantitative estimate of drug-likeness (QED) is 0.617. The zero-order chi connectivity index (χ0) is 15.4. The van der Waals surface area contributed by atoms with Crippen molar-refractivity contribution in [2.45, 2.75) is 25.2 Å². The number of hydrogen-bond acceptors (Lipinski definition) is 4. The first-order valence-corrected chi connectivity index (χ1v) is 7.93. The first-order valence-electron chi connectivity index (χ1n) is 7.93. The van der Waals surface area contributed by atoms with Gasteiger partial charge >= 0.3 is 0 Å². The molecule has 1 aliphatic rings. The lowest BCUT2D eigenvalue weighted by atomic mass is 9.85. The van der Waals surface area contributed by atoms with E-state index in [1.54, 1.807) is 4.68 Å². The van der Waals surface area contributed by atoms with E-state index in [4.69, 9.17) is 4.98 Å². The summed E-state index contributed by atoms with van der Waals surface area (Å²) in [7, 11) is 1.91. The molecule has 0 spiro atoms. The molecule has 6 heteroatoms. The Labute approximate surface area is 132 Å². The van der Waals surface area contributed by atoms with Crippen LogP contribution in [0, 0.1) is 0 Å². The van der Waals surface area contributed by atoms with E-state index in [2.05, 4.69) is 32.4 Å². The predicted molar refractivity (Wildman–Crippen MR) is 88.0 cm³/mol. The summed E-state index contributed by atoms with van der Waals surface area (Å²) in [5.74, 6) is 1.52. The fourth-order valence-corrected chi connectivity index (χ4v) is 3.22. The molecule has 5 rings (SSSR count). The average molecular weight is 304 g/mol. The van der Waals surface area contributed by atoms with E-state index < -0.39 is 0 Å². The largest absolute Gasteiger partial charge is 0.345 e. The van der Waals surface area contributed by atoms with Crippen LogP contribution in [0.1, 0.15) is 31.0 Å². The Kier molecular flexibility index (Phi) is 2.56. The second-order valence-electron chi connectivity index (χ2n) is 6.24. The van der Waals surface area contributed by atoms with Gasteiger partial charge in [-0.05, 0) is 30.5 Å². The minimum Gasteiger partial charge on any atom is -0.345 e. The summed E-state index contributed by atoms with van der Waals surface area (Å²) in [5, 5.41) is 9.25. The zero-order valence-electron chi connectivity index (χ0n) is 12.8. The first-order chi connectivity index (χ1) is 11.3. The Morgan fingerprint density at radius 1 is 1.26 bits per heavy atom. The van der Waals surface area contributed by atoms with Crippen LogP contribution in [0.4, 0.5) is 0 Å². The van der Waals surface area contributed by atoms with Crippen LogP contribution in [0.15, 0.2) is 30.6 Å². The normalized spacial score (nSPS) is 15.3. The third kappa shape index (κ3) is 1.87. The number of nitrogens with zero attached hydrogens (tertiary/aromatic N) is 5. The van der Waals surface area contributed by atoms with Gasteiger partial charge in [-0.1, -0.05) is 17.7 Å². The molecule has 114 valence electrons. The molecule has 0 atom stereocenters. The molecule has 1 aliphatic carbocycles. The Hall–Kier alpha value is -2.76. The second-order valence-corrected chi connectivity index (χ2v) is 6.24. The highest BCUT2D eigenvalue weighted by atomic mass is 15.4. The highest BCUT2D eigenvalue weighted by Crippen LogP contribution is 2.36. The van der Waals surface area contributed by atoms with Crippen molar-refractivity contribution in [3.8, 4) is 11.1 Å².